The lowest BCUT2D eigenvalue weighted by Crippen LogP contribution is -2.61. The van der Waals surface area contributed by atoms with Crippen LogP contribution in [0.4, 0.5) is 4.79 Å². The van der Waals surface area contributed by atoms with Crippen LogP contribution in [-0.2, 0) is 4.74 Å². The normalized spacial score (nSPS) is 25.8. The van der Waals surface area contributed by atoms with Gasteiger partial charge in [-0.1, -0.05) is 6.92 Å². The molecule has 0 aromatic heterocycles. The zero-order valence-electron chi connectivity index (χ0n) is 11.2. The molecule has 0 aromatic carbocycles. The molecule has 0 spiro atoms. The summed E-state index contributed by atoms with van der Waals surface area (Å²) in [6, 6.07) is -0.0510. The van der Waals surface area contributed by atoms with Gasteiger partial charge in [0, 0.05) is 13.1 Å². The van der Waals surface area contributed by atoms with Gasteiger partial charge < -0.3 is 20.1 Å². The number of aliphatic hydroxyl groups is 1. The quantitative estimate of drug-likeness (QED) is 0.759. The molecule has 0 radical (unpaired) electrons. The van der Waals surface area contributed by atoms with Gasteiger partial charge in [0.1, 0.15) is 5.60 Å². The van der Waals surface area contributed by atoms with E-state index in [9.17, 15) is 9.90 Å². The SMILES string of the molecule is CCC1C(CO)NCCN1C(=O)OC(C)(C)C. The molecule has 2 unspecified atom stereocenters. The molecule has 1 saturated heterocycles. The molecule has 0 saturated carbocycles. The van der Waals surface area contributed by atoms with Crippen LogP contribution in [0.25, 0.3) is 0 Å². The van der Waals surface area contributed by atoms with Gasteiger partial charge in [-0.05, 0) is 27.2 Å². The van der Waals surface area contributed by atoms with Crippen LogP contribution < -0.4 is 5.32 Å². The van der Waals surface area contributed by atoms with Crippen LogP contribution in [0.2, 0.25) is 0 Å². The van der Waals surface area contributed by atoms with Gasteiger partial charge in [-0.3, -0.25) is 0 Å². The lowest BCUT2D eigenvalue weighted by atomic mass is 10.0. The molecule has 0 aliphatic carbocycles. The van der Waals surface area contributed by atoms with E-state index in [0.717, 1.165) is 6.42 Å². The van der Waals surface area contributed by atoms with Crippen molar-refractivity contribution in [1.82, 2.24) is 10.2 Å². The Hall–Kier alpha value is -0.810. The van der Waals surface area contributed by atoms with Crippen molar-refractivity contribution in [2.24, 2.45) is 0 Å². The molecular formula is C12H24N2O3. The lowest BCUT2D eigenvalue weighted by Gasteiger charge is -2.41. The number of hydrogen-bond acceptors (Lipinski definition) is 4. The highest BCUT2D eigenvalue weighted by atomic mass is 16.6. The number of carbonyl (C=O) groups is 1. The summed E-state index contributed by atoms with van der Waals surface area (Å²) in [5.74, 6) is 0. The number of ether oxygens (including phenoxy) is 1. The predicted molar refractivity (Wildman–Crippen MR) is 65.9 cm³/mol. The number of hydrogen-bond donors (Lipinski definition) is 2. The summed E-state index contributed by atoms with van der Waals surface area (Å²) in [7, 11) is 0. The number of piperazine rings is 1. The van der Waals surface area contributed by atoms with Gasteiger partial charge in [0.2, 0.25) is 0 Å². The van der Waals surface area contributed by atoms with Gasteiger partial charge in [0.05, 0.1) is 18.7 Å². The average Bonchev–Trinajstić information content (AvgIpc) is 2.25. The highest BCUT2D eigenvalue weighted by molar-refractivity contribution is 5.68. The van der Waals surface area contributed by atoms with E-state index >= 15 is 0 Å². The number of amides is 1. The Bertz CT molecular complexity index is 263. The fraction of sp³-hybridized carbons (Fsp3) is 0.917. The second-order valence-corrected chi connectivity index (χ2v) is 5.39. The summed E-state index contributed by atoms with van der Waals surface area (Å²) in [6.45, 7) is 8.95. The minimum Gasteiger partial charge on any atom is -0.444 e. The zero-order chi connectivity index (χ0) is 13.1. The standard InChI is InChI=1S/C12H24N2O3/c1-5-10-9(8-15)13-6-7-14(10)11(16)17-12(2,3)4/h9-10,13,15H,5-8H2,1-4H3. The van der Waals surface area contributed by atoms with Gasteiger partial charge in [0.25, 0.3) is 0 Å². The highest BCUT2D eigenvalue weighted by Crippen LogP contribution is 2.17. The van der Waals surface area contributed by atoms with Crippen molar-refractivity contribution in [3.63, 3.8) is 0 Å². The molecule has 5 heteroatoms. The van der Waals surface area contributed by atoms with Crippen LogP contribution in [0, 0.1) is 0 Å². The van der Waals surface area contributed by atoms with Crippen LogP contribution in [0.3, 0.4) is 0 Å². The van der Waals surface area contributed by atoms with Gasteiger partial charge in [0.15, 0.2) is 0 Å². The molecule has 2 N–H and O–H groups in total. The predicted octanol–water partition coefficient (Wildman–Crippen LogP) is 0.966. The van der Waals surface area contributed by atoms with E-state index in [1.807, 2.05) is 27.7 Å². The Morgan fingerprint density at radius 2 is 2.18 bits per heavy atom. The van der Waals surface area contributed by atoms with E-state index in [1.165, 1.54) is 0 Å². The third-order valence-electron chi connectivity index (χ3n) is 2.87. The molecule has 0 aromatic rings. The molecule has 1 fully saturated rings. The van der Waals surface area contributed by atoms with E-state index in [4.69, 9.17) is 4.74 Å². The molecule has 0 bridgehead atoms. The first-order chi connectivity index (χ1) is 7.89. The maximum Gasteiger partial charge on any atom is 0.410 e. The van der Waals surface area contributed by atoms with Crippen molar-refractivity contribution in [3.05, 3.63) is 0 Å². The molecule has 1 aliphatic heterocycles. The van der Waals surface area contributed by atoms with Crippen molar-refractivity contribution < 1.29 is 14.6 Å². The Kier molecular flexibility index (Phi) is 4.77. The first kappa shape index (κ1) is 14.3. The summed E-state index contributed by atoms with van der Waals surface area (Å²) in [5.41, 5.74) is -0.477. The van der Waals surface area contributed by atoms with Crippen LogP contribution in [0.15, 0.2) is 0 Å². The zero-order valence-corrected chi connectivity index (χ0v) is 11.2. The Labute approximate surface area is 103 Å². The number of aliphatic hydroxyl groups excluding tert-OH is 1. The summed E-state index contributed by atoms with van der Waals surface area (Å²) in [5, 5.41) is 12.5. The van der Waals surface area contributed by atoms with Crippen LogP contribution >= 0.6 is 0 Å². The molecule has 2 atom stereocenters. The fourth-order valence-electron chi connectivity index (χ4n) is 2.13. The number of carbonyl (C=O) groups excluding carboxylic acids is 1. The summed E-state index contributed by atoms with van der Waals surface area (Å²) < 4.78 is 5.38. The Morgan fingerprint density at radius 1 is 1.53 bits per heavy atom. The molecule has 1 heterocycles. The fourth-order valence-corrected chi connectivity index (χ4v) is 2.13. The first-order valence-corrected chi connectivity index (χ1v) is 6.23. The maximum atomic E-state index is 12.0. The Morgan fingerprint density at radius 3 is 2.65 bits per heavy atom. The second kappa shape index (κ2) is 5.69. The van der Waals surface area contributed by atoms with Crippen LogP contribution in [0.5, 0.6) is 0 Å². The molecule has 100 valence electrons. The van der Waals surface area contributed by atoms with Crippen molar-refractivity contribution in [2.45, 2.75) is 51.8 Å². The van der Waals surface area contributed by atoms with Gasteiger partial charge in [-0.15, -0.1) is 0 Å². The van der Waals surface area contributed by atoms with E-state index in [0.29, 0.717) is 13.1 Å². The molecule has 5 nitrogen and oxygen atoms in total. The third-order valence-corrected chi connectivity index (χ3v) is 2.87. The maximum absolute atomic E-state index is 12.0. The highest BCUT2D eigenvalue weighted by Gasteiger charge is 2.34. The van der Waals surface area contributed by atoms with Gasteiger partial charge in [-0.25, -0.2) is 4.79 Å². The molecule has 1 rings (SSSR count). The van der Waals surface area contributed by atoms with Gasteiger partial charge in [-0.2, -0.15) is 0 Å². The van der Waals surface area contributed by atoms with Crippen LogP contribution in [-0.4, -0.2) is 53.5 Å². The van der Waals surface area contributed by atoms with E-state index in [-0.39, 0.29) is 24.8 Å². The number of nitrogens with zero attached hydrogens (tertiary/aromatic N) is 1. The lowest BCUT2D eigenvalue weighted by molar-refractivity contribution is 0.000872. The molecular weight excluding hydrogens is 220 g/mol. The topological polar surface area (TPSA) is 61.8 Å². The van der Waals surface area contributed by atoms with Crippen molar-refractivity contribution in [1.29, 1.82) is 0 Å². The van der Waals surface area contributed by atoms with Gasteiger partial charge >= 0.3 is 6.09 Å². The van der Waals surface area contributed by atoms with E-state index < -0.39 is 5.60 Å². The smallest absolute Gasteiger partial charge is 0.410 e. The average molecular weight is 244 g/mol. The minimum absolute atomic E-state index is 0.00333. The number of rotatable bonds is 2. The summed E-state index contributed by atoms with van der Waals surface area (Å²) in [4.78, 5) is 13.8. The second-order valence-electron chi connectivity index (χ2n) is 5.39. The Balaban J connectivity index is 2.70. The first-order valence-electron chi connectivity index (χ1n) is 6.23. The molecule has 1 amide bonds. The summed E-state index contributed by atoms with van der Waals surface area (Å²) >= 11 is 0. The van der Waals surface area contributed by atoms with Crippen LogP contribution in [0.1, 0.15) is 34.1 Å². The molecule has 1 aliphatic rings. The van der Waals surface area contributed by atoms with Crippen molar-refractivity contribution in [2.75, 3.05) is 19.7 Å². The van der Waals surface area contributed by atoms with E-state index in [2.05, 4.69) is 5.32 Å². The molecule has 17 heavy (non-hydrogen) atoms. The largest absolute Gasteiger partial charge is 0.444 e. The third kappa shape index (κ3) is 3.85. The minimum atomic E-state index is -0.477. The monoisotopic (exact) mass is 244 g/mol. The van der Waals surface area contributed by atoms with E-state index in [1.54, 1.807) is 4.90 Å². The van der Waals surface area contributed by atoms with Crippen molar-refractivity contribution >= 4 is 6.09 Å². The summed E-state index contributed by atoms with van der Waals surface area (Å²) in [6.07, 6.45) is 0.515. The van der Waals surface area contributed by atoms with Crippen molar-refractivity contribution in [3.8, 4) is 0 Å². The number of nitrogens with one attached hydrogen (secondary N) is 1.